The molecule has 2 nitrogen and oxygen atoms in total. The second-order valence-electron chi connectivity index (χ2n) is 2.48. The number of fused-ring (bicyclic) bond motifs is 1. The first-order chi connectivity index (χ1) is 6.36. The van der Waals surface area contributed by atoms with Crippen molar-refractivity contribution in [1.82, 2.24) is 4.98 Å². The van der Waals surface area contributed by atoms with Crippen LogP contribution in [0.5, 0.6) is 0 Å². The maximum Gasteiger partial charge on any atom is 0.176 e. The Hall–Kier alpha value is -0.610. The Morgan fingerprint density at radius 2 is 2.15 bits per heavy atom. The van der Waals surface area contributed by atoms with Gasteiger partial charge in [0.05, 0.1) is 4.90 Å². The van der Waals surface area contributed by atoms with E-state index in [1.165, 1.54) is 0 Å². The molecular weight excluding hydrogens is 202 g/mol. The molecular formula is C9H9NOS2. The van der Waals surface area contributed by atoms with Gasteiger partial charge in [0.1, 0.15) is 5.52 Å². The van der Waals surface area contributed by atoms with Crippen molar-refractivity contribution in [3.8, 4) is 0 Å². The van der Waals surface area contributed by atoms with Gasteiger partial charge in [-0.3, -0.25) is 4.98 Å². The molecule has 0 spiro atoms. The van der Waals surface area contributed by atoms with Gasteiger partial charge >= 0.3 is 0 Å². The zero-order valence-electron chi connectivity index (χ0n) is 7.40. The Labute approximate surface area is 85.1 Å². The van der Waals surface area contributed by atoms with E-state index in [9.17, 15) is 0 Å². The topological polar surface area (TPSA) is 26.0 Å². The first-order valence-electron chi connectivity index (χ1n) is 3.82. The van der Waals surface area contributed by atoms with Gasteiger partial charge in [-0.15, -0.1) is 11.8 Å². The van der Waals surface area contributed by atoms with Crippen molar-refractivity contribution in [2.75, 3.05) is 12.5 Å². The molecule has 0 unspecified atom stereocenters. The van der Waals surface area contributed by atoms with Crippen LogP contribution in [-0.2, 0) is 0 Å². The van der Waals surface area contributed by atoms with Crippen molar-refractivity contribution in [3.63, 3.8) is 0 Å². The lowest BCUT2D eigenvalue weighted by Gasteiger charge is -1.92. The predicted octanol–water partition coefficient (Wildman–Crippen LogP) is 3.27. The molecule has 0 saturated carbocycles. The second-order valence-corrected chi connectivity index (χ2v) is 4.07. The third kappa shape index (κ3) is 1.44. The Bertz CT molecular complexity index is 424. The van der Waals surface area contributed by atoms with Crippen LogP contribution in [0.1, 0.15) is 0 Å². The van der Waals surface area contributed by atoms with Gasteiger partial charge in [0.25, 0.3) is 0 Å². The monoisotopic (exact) mass is 211 g/mol. The first-order valence-corrected chi connectivity index (χ1v) is 6.27. The Kier molecular flexibility index (Phi) is 2.51. The van der Waals surface area contributed by atoms with E-state index in [0.29, 0.717) is 0 Å². The van der Waals surface area contributed by atoms with Crippen LogP contribution in [0.25, 0.3) is 11.1 Å². The van der Waals surface area contributed by atoms with Gasteiger partial charge in [-0.05, 0) is 24.6 Å². The Balaban J connectivity index is 2.73. The maximum atomic E-state index is 5.62. The molecule has 0 radical (unpaired) electrons. The van der Waals surface area contributed by atoms with Crippen molar-refractivity contribution in [3.05, 3.63) is 18.3 Å². The summed E-state index contributed by atoms with van der Waals surface area (Å²) in [5.74, 6) is 0. The number of pyridine rings is 1. The average molecular weight is 211 g/mol. The lowest BCUT2D eigenvalue weighted by Crippen LogP contribution is -1.73. The summed E-state index contributed by atoms with van der Waals surface area (Å²) in [6, 6.07) is 3.84. The van der Waals surface area contributed by atoms with E-state index >= 15 is 0 Å². The highest BCUT2D eigenvalue weighted by atomic mass is 32.2. The van der Waals surface area contributed by atoms with Crippen LogP contribution in [0.3, 0.4) is 0 Å². The summed E-state index contributed by atoms with van der Waals surface area (Å²) >= 11 is 3.30. The van der Waals surface area contributed by atoms with Crippen LogP contribution in [0.15, 0.2) is 32.7 Å². The minimum Gasteiger partial charge on any atom is -0.447 e. The number of rotatable bonds is 2. The summed E-state index contributed by atoms with van der Waals surface area (Å²) in [5, 5.41) is 0.959. The largest absolute Gasteiger partial charge is 0.447 e. The molecule has 0 aromatic carbocycles. The van der Waals surface area contributed by atoms with E-state index < -0.39 is 0 Å². The molecule has 0 N–H and O–H groups in total. The minimum atomic E-state index is 0.871. The van der Waals surface area contributed by atoms with Gasteiger partial charge < -0.3 is 4.42 Å². The summed E-state index contributed by atoms with van der Waals surface area (Å²) in [5.41, 5.74) is 1.84. The number of thioether (sulfide) groups is 2. The highest BCUT2D eigenvalue weighted by Crippen LogP contribution is 2.36. The van der Waals surface area contributed by atoms with E-state index in [0.717, 1.165) is 21.1 Å². The maximum absolute atomic E-state index is 5.62. The summed E-state index contributed by atoms with van der Waals surface area (Å²) in [6.45, 7) is 0. The third-order valence-electron chi connectivity index (χ3n) is 1.76. The second kappa shape index (κ2) is 3.64. The summed E-state index contributed by atoms with van der Waals surface area (Å²) in [7, 11) is 0. The summed E-state index contributed by atoms with van der Waals surface area (Å²) in [6.07, 6.45) is 5.85. The fourth-order valence-corrected chi connectivity index (χ4v) is 2.71. The molecule has 2 rings (SSSR count). The van der Waals surface area contributed by atoms with Crippen molar-refractivity contribution in [2.24, 2.45) is 0 Å². The van der Waals surface area contributed by atoms with Crippen molar-refractivity contribution >= 4 is 34.6 Å². The van der Waals surface area contributed by atoms with E-state index in [1.807, 2.05) is 24.6 Å². The first kappa shape index (κ1) is 8.97. The number of nitrogens with zero attached hydrogens (tertiary/aromatic N) is 1. The molecule has 0 bridgehead atoms. The van der Waals surface area contributed by atoms with Crippen molar-refractivity contribution in [2.45, 2.75) is 9.99 Å². The molecule has 2 heterocycles. The fourth-order valence-electron chi connectivity index (χ4n) is 1.20. The molecule has 68 valence electrons. The lowest BCUT2D eigenvalue weighted by atomic mass is 10.4. The molecule has 4 heteroatoms. The van der Waals surface area contributed by atoms with Crippen molar-refractivity contribution < 1.29 is 4.42 Å². The molecule has 0 aliphatic heterocycles. The van der Waals surface area contributed by atoms with E-state index in [-0.39, 0.29) is 0 Å². The smallest absolute Gasteiger partial charge is 0.176 e. The molecule has 0 aliphatic carbocycles. The number of hydrogen-bond donors (Lipinski definition) is 0. The number of furan rings is 1. The Morgan fingerprint density at radius 3 is 2.85 bits per heavy atom. The van der Waals surface area contributed by atoms with E-state index in [4.69, 9.17) is 4.42 Å². The van der Waals surface area contributed by atoms with Gasteiger partial charge in [-0.1, -0.05) is 11.8 Å². The average Bonchev–Trinajstić information content (AvgIpc) is 2.55. The summed E-state index contributed by atoms with van der Waals surface area (Å²) < 4.78 is 5.62. The molecule has 2 aromatic heterocycles. The minimum absolute atomic E-state index is 0.871. The summed E-state index contributed by atoms with van der Waals surface area (Å²) in [4.78, 5) is 5.43. The van der Waals surface area contributed by atoms with E-state index in [2.05, 4.69) is 4.98 Å². The molecule has 0 amide bonds. The molecule has 2 aromatic rings. The third-order valence-corrected chi connectivity index (χ3v) is 3.34. The van der Waals surface area contributed by atoms with Gasteiger partial charge in [0, 0.05) is 6.20 Å². The molecule has 0 saturated heterocycles. The highest BCUT2D eigenvalue weighted by Gasteiger charge is 2.12. The Morgan fingerprint density at radius 1 is 1.31 bits per heavy atom. The number of hydrogen-bond acceptors (Lipinski definition) is 4. The van der Waals surface area contributed by atoms with Crippen LogP contribution >= 0.6 is 23.5 Å². The predicted molar refractivity (Wildman–Crippen MR) is 57.6 cm³/mol. The molecule has 13 heavy (non-hydrogen) atoms. The number of aromatic nitrogens is 1. The van der Waals surface area contributed by atoms with Crippen LogP contribution in [-0.4, -0.2) is 17.5 Å². The quantitative estimate of drug-likeness (QED) is 0.712. The van der Waals surface area contributed by atoms with Crippen LogP contribution in [0.2, 0.25) is 0 Å². The van der Waals surface area contributed by atoms with Gasteiger partial charge in [-0.2, -0.15) is 0 Å². The molecule has 0 aliphatic rings. The standard InChI is InChI=1S/C9H9NOS2/c1-12-8-7-6(4-3-5-10-7)11-9(8)13-2/h3-5H,1-2H3. The fraction of sp³-hybridized carbons (Fsp3) is 0.222. The molecule has 0 fully saturated rings. The highest BCUT2D eigenvalue weighted by molar-refractivity contribution is 8.01. The van der Waals surface area contributed by atoms with Gasteiger partial charge in [-0.25, -0.2) is 0 Å². The van der Waals surface area contributed by atoms with Gasteiger partial charge in [0.15, 0.2) is 10.7 Å². The van der Waals surface area contributed by atoms with Crippen LogP contribution in [0, 0.1) is 0 Å². The van der Waals surface area contributed by atoms with Crippen LogP contribution in [0.4, 0.5) is 0 Å². The normalized spacial score (nSPS) is 10.9. The molecule has 0 atom stereocenters. The van der Waals surface area contributed by atoms with Gasteiger partial charge in [0.2, 0.25) is 0 Å². The zero-order chi connectivity index (χ0) is 9.26. The SMILES string of the molecule is CSc1oc2cccnc2c1SC. The van der Waals surface area contributed by atoms with E-state index in [1.54, 1.807) is 29.7 Å². The van der Waals surface area contributed by atoms with Crippen LogP contribution < -0.4 is 0 Å². The lowest BCUT2D eigenvalue weighted by molar-refractivity contribution is 0.501. The zero-order valence-corrected chi connectivity index (χ0v) is 9.04. The van der Waals surface area contributed by atoms with Crippen molar-refractivity contribution in [1.29, 1.82) is 0 Å².